The maximum Gasteiger partial charge on any atom is 0.115 e. The number of benzene rings is 2. The molecule has 1 unspecified atom stereocenters. The highest BCUT2D eigenvalue weighted by atomic mass is 16.3. The van der Waals surface area contributed by atoms with Crippen LogP contribution in [0.4, 0.5) is 0 Å². The van der Waals surface area contributed by atoms with Crippen LogP contribution < -0.4 is 0 Å². The average molecular weight is 298 g/mol. The Morgan fingerprint density at radius 2 is 1.73 bits per heavy atom. The highest BCUT2D eigenvalue weighted by molar-refractivity contribution is 5.41. The number of rotatable bonds is 4. The van der Waals surface area contributed by atoms with Crippen LogP contribution in [0.15, 0.2) is 36.4 Å². The molecule has 0 aliphatic heterocycles. The molecule has 22 heavy (non-hydrogen) atoms. The second-order valence-electron chi connectivity index (χ2n) is 5.96. The van der Waals surface area contributed by atoms with E-state index in [0.29, 0.717) is 17.4 Å². The minimum atomic E-state index is 0. The van der Waals surface area contributed by atoms with Crippen molar-refractivity contribution in [3.63, 3.8) is 0 Å². The quantitative estimate of drug-likeness (QED) is 0.837. The standard InChI is InChI=1S/C19H22O2.CH4/c1-2-13-11-17(20)9-7-14(13)3-4-15-5-6-16-8-10-18(21)12-19(15)16;/h7-12,15,20-21H,2-6H2,1H3;1H4. The number of hydrogen-bond acceptors (Lipinski definition) is 2. The molecule has 0 bridgehead atoms. The van der Waals surface area contributed by atoms with Crippen LogP contribution in [0.2, 0.25) is 0 Å². The Morgan fingerprint density at radius 1 is 1.00 bits per heavy atom. The summed E-state index contributed by atoms with van der Waals surface area (Å²) in [5.41, 5.74) is 5.29. The molecule has 2 N–H and O–H groups in total. The average Bonchev–Trinajstić information content (AvgIpc) is 2.88. The highest BCUT2D eigenvalue weighted by Gasteiger charge is 2.22. The smallest absolute Gasteiger partial charge is 0.115 e. The molecule has 1 aliphatic carbocycles. The van der Waals surface area contributed by atoms with E-state index < -0.39 is 0 Å². The van der Waals surface area contributed by atoms with Gasteiger partial charge in [0.15, 0.2) is 0 Å². The predicted molar refractivity (Wildman–Crippen MR) is 91.7 cm³/mol. The zero-order chi connectivity index (χ0) is 14.8. The van der Waals surface area contributed by atoms with Gasteiger partial charge < -0.3 is 10.2 Å². The summed E-state index contributed by atoms with van der Waals surface area (Å²) in [5, 5.41) is 19.3. The first-order valence-corrected chi connectivity index (χ1v) is 7.80. The van der Waals surface area contributed by atoms with Crippen LogP contribution >= 0.6 is 0 Å². The number of aromatic hydroxyl groups is 2. The largest absolute Gasteiger partial charge is 0.508 e. The number of phenols is 2. The summed E-state index contributed by atoms with van der Waals surface area (Å²) in [4.78, 5) is 0. The van der Waals surface area contributed by atoms with Gasteiger partial charge in [0.2, 0.25) is 0 Å². The summed E-state index contributed by atoms with van der Waals surface area (Å²) in [6.45, 7) is 2.13. The first-order valence-electron chi connectivity index (χ1n) is 7.80. The van der Waals surface area contributed by atoms with Gasteiger partial charge in [-0.05, 0) is 84.5 Å². The van der Waals surface area contributed by atoms with Gasteiger partial charge in [-0.2, -0.15) is 0 Å². The van der Waals surface area contributed by atoms with E-state index in [1.165, 1.54) is 28.7 Å². The van der Waals surface area contributed by atoms with E-state index in [1.54, 1.807) is 12.1 Å². The number of phenolic OH excluding ortho intramolecular Hbond substituents is 2. The van der Waals surface area contributed by atoms with Crippen LogP contribution in [0, 0.1) is 0 Å². The molecule has 1 aliphatic rings. The van der Waals surface area contributed by atoms with Crippen molar-refractivity contribution < 1.29 is 10.2 Å². The lowest BCUT2D eigenvalue weighted by Crippen LogP contribution is -1.99. The third-order valence-electron chi connectivity index (χ3n) is 4.66. The molecule has 0 heterocycles. The van der Waals surface area contributed by atoms with Crippen molar-refractivity contribution in [1.29, 1.82) is 0 Å². The molecule has 2 heteroatoms. The summed E-state index contributed by atoms with van der Waals surface area (Å²) in [7, 11) is 0. The molecule has 0 saturated carbocycles. The summed E-state index contributed by atoms with van der Waals surface area (Å²) in [6.07, 6.45) is 5.39. The van der Waals surface area contributed by atoms with E-state index in [4.69, 9.17) is 0 Å². The Bertz CT molecular complexity index is 646. The van der Waals surface area contributed by atoms with Gasteiger partial charge in [0.1, 0.15) is 11.5 Å². The molecular weight excluding hydrogens is 272 g/mol. The van der Waals surface area contributed by atoms with Gasteiger partial charge in [-0.1, -0.05) is 26.5 Å². The molecule has 2 aromatic carbocycles. The molecule has 3 rings (SSSR count). The summed E-state index contributed by atoms with van der Waals surface area (Å²) in [6, 6.07) is 11.5. The first-order chi connectivity index (χ1) is 10.2. The van der Waals surface area contributed by atoms with E-state index in [-0.39, 0.29) is 7.43 Å². The lowest BCUT2D eigenvalue weighted by molar-refractivity contribution is 0.472. The van der Waals surface area contributed by atoms with Crippen molar-refractivity contribution in [1.82, 2.24) is 0 Å². The molecule has 0 spiro atoms. The topological polar surface area (TPSA) is 40.5 Å². The third kappa shape index (κ3) is 3.27. The Balaban J connectivity index is 0.00000176. The minimum absolute atomic E-state index is 0. The van der Waals surface area contributed by atoms with E-state index in [0.717, 1.165) is 25.7 Å². The predicted octanol–water partition coefficient (Wildman–Crippen LogP) is 4.96. The van der Waals surface area contributed by atoms with Gasteiger partial charge in [0, 0.05) is 0 Å². The molecule has 118 valence electrons. The summed E-state index contributed by atoms with van der Waals surface area (Å²) >= 11 is 0. The number of fused-ring (bicyclic) bond motifs is 1. The maximum absolute atomic E-state index is 9.68. The molecule has 2 nitrogen and oxygen atoms in total. The van der Waals surface area contributed by atoms with E-state index in [2.05, 4.69) is 13.0 Å². The van der Waals surface area contributed by atoms with Crippen LogP contribution in [-0.2, 0) is 19.3 Å². The minimum Gasteiger partial charge on any atom is -0.508 e. The lowest BCUT2D eigenvalue weighted by atomic mass is 9.91. The van der Waals surface area contributed by atoms with Gasteiger partial charge in [0.05, 0.1) is 0 Å². The zero-order valence-corrected chi connectivity index (χ0v) is 12.5. The van der Waals surface area contributed by atoms with Gasteiger partial charge in [-0.3, -0.25) is 0 Å². The van der Waals surface area contributed by atoms with Crippen molar-refractivity contribution in [2.24, 2.45) is 0 Å². The Labute approximate surface area is 133 Å². The number of aryl methyl sites for hydroxylation is 3. The van der Waals surface area contributed by atoms with Gasteiger partial charge in [0.25, 0.3) is 0 Å². The lowest BCUT2D eigenvalue weighted by Gasteiger charge is -2.14. The second-order valence-corrected chi connectivity index (χ2v) is 5.96. The molecule has 0 aromatic heterocycles. The maximum atomic E-state index is 9.68. The van der Waals surface area contributed by atoms with Gasteiger partial charge in [-0.15, -0.1) is 0 Å². The fourth-order valence-corrected chi connectivity index (χ4v) is 3.49. The van der Waals surface area contributed by atoms with E-state index in [1.807, 2.05) is 18.2 Å². The molecule has 2 aromatic rings. The van der Waals surface area contributed by atoms with Crippen LogP contribution in [0.3, 0.4) is 0 Å². The molecule has 0 amide bonds. The third-order valence-corrected chi connectivity index (χ3v) is 4.66. The highest BCUT2D eigenvalue weighted by Crippen LogP contribution is 2.38. The molecule has 0 saturated heterocycles. The second kappa shape index (κ2) is 6.87. The van der Waals surface area contributed by atoms with Crippen LogP contribution in [0.1, 0.15) is 55.4 Å². The van der Waals surface area contributed by atoms with Gasteiger partial charge in [-0.25, -0.2) is 0 Å². The van der Waals surface area contributed by atoms with E-state index in [9.17, 15) is 10.2 Å². The summed E-state index contributed by atoms with van der Waals surface area (Å²) < 4.78 is 0. The fraction of sp³-hybridized carbons (Fsp3) is 0.400. The zero-order valence-electron chi connectivity index (χ0n) is 12.5. The Kier molecular flexibility index (Phi) is 5.12. The van der Waals surface area contributed by atoms with Crippen molar-refractivity contribution in [2.75, 3.05) is 0 Å². The van der Waals surface area contributed by atoms with Gasteiger partial charge >= 0.3 is 0 Å². The Morgan fingerprint density at radius 3 is 2.50 bits per heavy atom. The normalized spacial score (nSPS) is 16.1. The monoisotopic (exact) mass is 298 g/mol. The molecule has 1 atom stereocenters. The Hall–Kier alpha value is -1.96. The molecule has 0 fully saturated rings. The van der Waals surface area contributed by atoms with Crippen molar-refractivity contribution in [3.8, 4) is 11.5 Å². The van der Waals surface area contributed by atoms with Crippen molar-refractivity contribution in [2.45, 2.75) is 52.4 Å². The number of hydrogen-bond donors (Lipinski definition) is 2. The van der Waals surface area contributed by atoms with Crippen molar-refractivity contribution >= 4 is 0 Å². The van der Waals surface area contributed by atoms with E-state index >= 15 is 0 Å². The fourth-order valence-electron chi connectivity index (χ4n) is 3.49. The van der Waals surface area contributed by atoms with Crippen LogP contribution in [0.25, 0.3) is 0 Å². The van der Waals surface area contributed by atoms with Crippen LogP contribution in [-0.4, -0.2) is 10.2 Å². The first kappa shape index (κ1) is 16.4. The van der Waals surface area contributed by atoms with Crippen molar-refractivity contribution in [3.05, 3.63) is 58.7 Å². The SMILES string of the molecule is C.CCc1cc(O)ccc1CCC1CCc2ccc(O)cc21. The molecule has 0 radical (unpaired) electrons. The van der Waals surface area contributed by atoms with Crippen LogP contribution in [0.5, 0.6) is 11.5 Å². The molecular formula is C20H26O2. The summed E-state index contributed by atoms with van der Waals surface area (Å²) in [5.74, 6) is 1.27.